The minimum Gasteiger partial charge on any atom is -0.384 e. The second-order valence-corrected chi connectivity index (χ2v) is 4.67. The number of ether oxygens (including phenoxy) is 1. The van der Waals surface area contributed by atoms with Gasteiger partial charge in [0.2, 0.25) is 0 Å². The van der Waals surface area contributed by atoms with Crippen molar-refractivity contribution in [3.63, 3.8) is 0 Å². The summed E-state index contributed by atoms with van der Waals surface area (Å²) in [6.07, 6.45) is 1.32. The molecule has 17 heavy (non-hydrogen) atoms. The molecule has 1 aromatic rings. The number of hydrogen-bond donors (Lipinski definition) is 1. The topological polar surface area (TPSA) is 47.3 Å². The van der Waals surface area contributed by atoms with Crippen molar-refractivity contribution in [1.29, 1.82) is 0 Å². The zero-order valence-electron chi connectivity index (χ0n) is 10.9. The lowest BCUT2D eigenvalue weighted by Gasteiger charge is -2.23. The smallest absolute Gasteiger partial charge is 0.123 e. The number of aliphatic hydroxyl groups is 1. The summed E-state index contributed by atoms with van der Waals surface area (Å²) in [7, 11) is 0. The Labute approximate surface area is 108 Å². The predicted octanol–water partition coefficient (Wildman–Crippen LogP) is 2.97. The van der Waals surface area contributed by atoms with Crippen molar-refractivity contribution in [3.8, 4) is 0 Å². The van der Waals surface area contributed by atoms with Crippen LogP contribution in [0.15, 0.2) is 6.20 Å². The lowest BCUT2D eigenvalue weighted by atomic mass is 10.1. The molecule has 0 saturated heterocycles. The lowest BCUT2D eigenvalue weighted by Crippen LogP contribution is -2.25. The summed E-state index contributed by atoms with van der Waals surface area (Å²) >= 11 is 6.09. The Kier molecular flexibility index (Phi) is 5.43. The van der Waals surface area contributed by atoms with Gasteiger partial charge in [0.15, 0.2) is 0 Å². The van der Waals surface area contributed by atoms with E-state index in [4.69, 9.17) is 16.3 Å². The summed E-state index contributed by atoms with van der Waals surface area (Å²) in [5, 5.41) is 15.0. The normalized spacial score (nSPS) is 15.2. The van der Waals surface area contributed by atoms with Gasteiger partial charge >= 0.3 is 0 Å². The summed E-state index contributed by atoms with van der Waals surface area (Å²) in [4.78, 5) is 0. The minimum atomic E-state index is -0.739. The Hall–Kier alpha value is -0.580. The van der Waals surface area contributed by atoms with Crippen molar-refractivity contribution in [2.45, 2.75) is 52.4 Å². The maximum Gasteiger partial charge on any atom is 0.123 e. The van der Waals surface area contributed by atoms with E-state index in [0.717, 1.165) is 6.42 Å². The minimum absolute atomic E-state index is 0.159. The first kappa shape index (κ1) is 14.5. The molecule has 0 radical (unpaired) electrons. The van der Waals surface area contributed by atoms with Gasteiger partial charge in [-0.15, -0.1) is 0 Å². The largest absolute Gasteiger partial charge is 0.384 e. The third kappa shape index (κ3) is 3.21. The second-order valence-electron chi connectivity index (χ2n) is 4.26. The number of nitrogens with zero attached hydrogens (tertiary/aromatic N) is 2. The third-order valence-electron chi connectivity index (χ3n) is 2.69. The Morgan fingerprint density at radius 2 is 2.12 bits per heavy atom. The van der Waals surface area contributed by atoms with Gasteiger partial charge in [-0.1, -0.05) is 18.5 Å². The van der Waals surface area contributed by atoms with Gasteiger partial charge in [-0.2, -0.15) is 5.10 Å². The van der Waals surface area contributed by atoms with Gasteiger partial charge in [-0.05, 0) is 27.2 Å². The van der Waals surface area contributed by atoms with Crippen LogP contribution in [0.25, 0.3) is 0 Å². The SMILES string of the molecule is CCOC(CC)C(O)c1c(Cl)cnn1C(C)C. The highest BCUT2D eigenvalue weighted by Gasteiger charge is 2.26. The van der Waals surface area contributed by atoms with Crippen LogP contribution in [-0.2, 0) is 4.74 Å². The van der Waals surface area contributed by atoms with E-state index >= 15 is 0 Å². The summed E-state index contributed by atoms with van der Waals surface area (Å²) in [5.41, 5.74) is 0.641. The molecule has 0 aliphatic carbocycles. The quantitative estimate of drug-likeness (QED) is 0.855. The first-order valence-corrected chi connectivity index (χ1v) is 6.43. The van der Waals surface area contributed by atoms with Crippen LogP contribution in [0.3, 0.4) is 0 Å². The van der Waals surface area contributed by atoms with Crippen LogP contribution in [0, 0.1) is 0 Å². The van der Waals surface area contributed by atoms with E-state index in [9.17, 15) is 5.11 Å². The van der Waals surface area contributed by atoms with Crippen LogP contribution in [0.5, 0.6) is 0 Å². The van der Waals surface area contributed by atoms with E-state index in [1.807, 2.05) is 27.7 Å². The zero-order valence-corrected chi connectivity index (χ0v) is 11.6. The molecule has 1 aromatic heterocycles. The summed E-state index contributed by atoms with van der Waals surface area (Å²) < 4.78 is 7.26. The second kappa shape index (κ2) is 6.38. The highest BCUT2D eigenvalue weighted by molar-refractivity contribution is 6.31. The average molecular weight is 261 g/mol. The molecule has 1 N–H and O–H groups in total. The standard InChI is InChI=1S/C12H21ClN2O2/c1-5-10(17-6-2)12(16)11-9(13)7-14-15(11)8(3)4/h7-8,10,12,16H,5-6H2,1-4H3. The zero-order chi connectivity index (χ0) is 13.0. The Morgan fingerprint density at radius 1 is 1.47 bits per heavy atom. The van der Waals surface area contributed by atoms with Crippen molar-refractivity contribution < 1.29 is 9.84 Å². The van der Waals surface area contributed by atoms with Crippen molar-refractivity contribution >= 4 is 11.6 Å². The van der Waals surface area contributed by atoms with Crippen molar-refractivity contribution in [3.05, 3.63) is 16.9 Å². The molecule has 0 saturated carbocycles. The van der Waals surface area contributed by atoms with Crippen molar-refractivity contribution in [1.82, 2.24) is 9.78 Å². The molecule has 2 atom stereocenters. The molecule has 0 spiro atoms. The Morgan fingerprint density at radius 3 is 2.59 bits per heavy atom. The van der Waals surface area contributed by atoms with E-state index in [0.29, 0.717) is 17.3 Å². The summed E-state index contributed by atoms with van der Waals surface area (Å²) in [5.74, 6) is 0. The van der Waals surface area contributed by atoms with Crippen LogP contribution in [0.1, 0.15) is 52.0 Å². The average Bonchev–Trinajstić information content (AvgIpc) is 2.67. The fourth-order valence-corrected chi connectivity index (χ4v) is 2.10. The van der Waals surface area contributed by atoms with E-state index < -0.39 is 6.10 Å². The molecule has 0 bridgehead atoms. The molecule has 0 aliphatic heterocycles. The molecule has 0 aromatic carbocycles. The molecular weight excluding hydrogens is 240 g/mol. The summed E-state index contributed by atoms with van der Waals surface area (Å²) in [6, 6.07) is 0.159. The van der Waals surface area contributed by atoms with Gasteiger partial charge in [0.25, 0.3) is 0 Å². The highest BCUT2D eigenvalue weighted by Crippen LogP contribution is 2.29. The van der Waals surface area contributed by atoms with Crippen LogP contribution < -0.4 is 0 Å². The number of aliphatic hydroxyl groups excluding tert-OH is 1. The molecule has 4 nitrogen and oxygen atoms in total. The van der Waals surface area contributed by atoms with Crippen LogP contribution in [-0.4, -0.2) is 27.6 Å². The van der Waals surface area contributed by atoms with Crippen molar-refractivity contribution in [2.24, 2.45) is 0 Å². The molecule has 0 fully saturated rings. The van der Waals surface area contributed by atoms with Gasteiger partial charge < -0.3 is 9.84 Å². The van der Waals surface area contributed by atoms with Gasteiger partial charge in [0, 0.05) is 12.6 Å². The Bertz CT molecular complexity index is 352. The molecule has 1 rings (SSSR count). The fourth-order valence-electron chi connectivity index (χ4n) is 1.86. The van der Waals surface area contributed by atoms with Crippen LogP contribution >= 0.6 is 11.6 Å². The maximum absolute atomic E-state index is 10.3. The Balaban J connectivity index is 3.00. The monoisotopic (exact) mass is 260 g/mol. The van der Waals surface area contributed by atoms with Gasteiger partial charge in [0.1, 0.15) is 6.10 Å². The third-order valence-corrected chi connectivity index (χ3v) is 2.98. The molecular formula is C12H21ClN2O2. The number of aromatic nitrogens is 2. The molecule has 98 valence electrons. The van der Waals surface area contributed by atoms with E-state index in [2.05, 4.69) is 5.10 Å². The predicted molar refractivity (Wildman–Crippen MR) is 68.3 cm³/mol. The lowest BCUT2D eigenvalue weighted by molar-refractivity contribution is -0.0394. The molecule has 2 unspecified atom stereocenters. The van der Waals surface area contributed by atoms with Gasteiger partial charge in [-0.25, -0.2) is 0 Å². The molecule has 1 heterocycles. The van der Waals surface area contributed by atoms with Crippen LogP contribution in [0.2, 0.25) is 5.02 Å². The van der Waals surface area contributed by atoms with Crippen LogP contribution in [0.4, 0.5) is 0 Å². The highest BCUT2D eigenvalue weighted by atomic mass is 35.5. The van der Waals surface area contributed by atoms with E-state index in [1.54, 1.807) is 10.9 Å². The number of halogens is 1. The van der Waals surface area contributed by atoms with Gasteiger partial charge in [-0.3, -0.25) is 4.68 Å². The first-order chi connectivity index (χ1) is 8.02. The molecule has 5 heteroatoms. The summed E-state index contributed by atoms with van der Waals surface area (Å²) in [6.45, 7) is 8.47. The maximum atomic E-state index is 10.3. The van der Waals surface area contributed by atoms with Crippen molar-refractivity contribution in [2.75, 3.05) is 6.61 Å². The number of rotatable bonds is 6. The molecule has 0 aliphatic rings. The first-order valence-electron chi connectivity index (χ1n) is 6.05. The molecule has 0 amide bonds. The van der Waals surface area contributed by atoms with E-state index in [-0.39, 0.29) is 12.1 Å². The fraction of sp³-hybridized carbons (Fsp3) is 0.750. The van der Waals surface area contributed by atoms with E-state index in [1.165, 1.54) is 0 Å². The number of hydrogen-bond acceptors (Lipinski definition) is 3. The van der Waals surface area contributed by atoms with Gasteiger partial charge in [0.05, 0.1) is 23.0 Å².